The summed E-state index contributed by atoms with van der Waals surface area (Å²) in [4.78, 5) is 10.4. The summed E-state index contributed by atoms with van der Waals surface area (Å²) in [6.45, 7) is 1.85. The van der Waals surface area contributed by atoms with Crippen molar-refractivity contribution in [2.45, 2.75) is 76.2 Å². The van der Waals surface area contributed by atoms with Gasteiger partial charge in [0.25, 0.3) is 0 Å². The number of benzene rings is 1. The van der Waals surface area contributed by atoms with E-state index in [0.29, 0.717) is 17.9 Å². The standard InChI is InChI=1S/C20H30FNO/c1-16-15-17(9-10-19(16)21)20(12-13-20)11-5-3-4-7-18(22-2)8-6-14-23/h9-10,14-15,18,22H,3-8,11-13H2,1-2H3. The molecule has 0 bridgehead atoms. The quantitative estimate of drug-likeness (QED) is 0.474. The van der Waals surface area contributed by atoms with Gasteiger partial charge in [0.05, 0.1) is 0 Å². The van der Waals surface area contributed by atoms with E-state index < -0.39 is 0 Å². The van der Waals surface area contributed by atoms with Gasteiger partial charge in [-0.1, -0.05) is 31.4 Å². The molecule has 1 unspecified atom stereocenters. The van der Waals surface area contributed by atoms with Gasteiger partial charge >= 0.3 is 0 Å². The number of nitrogens with one attached hydrogen (secondary N) is 1. The predicted octanol–water partition coefficient (Wildman–Crippen LogP) is 4.68. The summed E-state index contributed by atoms with van der Waals surface area (Å²) < 4.78 is 13.4. The van der Waals surface area contributed by atoms with E-state index in [1.54, 1.807) is 6.07 Å². The molecule has 0 spiro atoms. The van der Waals surface area contributed by atoms with Crippen molar-refractivity contribution in [2.24, 2.45) is 0 Å². The molecular weight excluding hydrogens is 289 g/mol. The van der Waals surface area contributed by atoms with E-state index in [0.717, 1.165) is 24.7 Å². The van der Waals surface area contributed by atoms with E-state index in [4.69, 9.17) is 0 Å². The Morgan fingerprint density at radius 3 is 2.65 bits per heavy atom. The Bertz CT molecular complexity index is 510. The van der Waals surface area contributed by atoms with Gasteiger partial charge in [-0.15, -0.1) is 0 Å². The van der Waals surface area contributed by atoms with Crippen LogP contribution in [0.15, 0.2) is 18.2 Å². The van der Waals surface area contributed by atoms with Crippen LogP contribution in [0.3, 0.4) is 0 Å². The average molecular weight is 319 g/mol. The van der Waals surface area contributed by atoms with E-state index in [-0.39, 0.29) is 5.82 Å². The molecule has 1 aromatic rings. The Labute approximate surface area is 139 Å². The van der Waals surface area contributed by atoms with E-state index in [1.807, 2.05) is 26.1 Å². The van der Waals surface area contributed by atoms with Crippen LogP contribution in [0.1, 0.15) is 68.9 Å². The maximum absolute atomic E-state index is 13.4. The number of aryl methyl sites for hydroxylation is 1. The number of hydrogen-bond acceptors (Lipinski definition) is 2. The number of rotatable bonds is 11. The van der Waals surface area contributed by atoms with E-state index >= 15 is 0 Å². The van der Waals surface area contributed by atoms with Crippen molar-refractivity contribution in [2.75, 3.05) is 7.05 Å². The maximum atomic E-state index is 13.4. The second kappa shape index (κ2) is 8.58. The van der Waals surface area contributed by atoms with Gasteiger partial charge in [0.2, 0.25) is 0 Å². The minimum atomic E-state index is -0.0991. The van der Waals surface area contributed by atoms with Gasteiger partial charge in [-0.25, -0.2) is 4.39 Å². The smallest absolute Gasteiger partial charge is 0.126 e. The number of hydrogen-bond donors (Lipinski definition) is 1. The van der Waals surface area contributed by atoms with Gasteiger partial charge in [-0.3, -0.25) is 0 Å². The SMILES string of the molecule is CNC(CCC=O)CCCCCC1(c2ccc(F)c(C)c2)CC1. The topological polar surface area (TPSA) is 29.1 Å². The van der Waals surface area contributed by atoms with Crippen LogP contribution in [0.25, 0.3) is 0 Å². The Hall–Kier alpha value is -1.22. The molecule has 0 radical (unpaired) electrons. The van der Waals surface area contributed by atoms with Crippen molar-refractivity contribution in [3.05, 3.63) is 35.1 Å². The molecule has 0 aliphatic heterocycles. The lowest BCUT2D eigenvalue weighted by atomic mass is 9.88. The Morgan fingerprint density at radius 2 is 2.04 bits per heavy atom. The summed E-state index contributed by atoms with van der Waals surface area (Å²) in [5, 5.41) is 3.30. The van der Waals surface area contributed by atoms with E-state index in [2.05, 4.69) is 5.32 Å². The third-order valence-corrected chi connectivity index (χ3v) is 5.37. The first-order chi connectivity index (χ1) is 11.1. The molecule has 2 rings (SSSR count). The lowest BCUT2D eigenvalue weighted by Crippen LogP contribution is -2.25. The first kappa shape index (κ1) is 18.1. The first-order valence-corrected chi connectivity index (χ1v) is 8.99. The molecule has 0 heterocycles. The van der Waals surface area contributed by atoms with Crippen molar-refractivity contribution in [3.63, 3.8) is 0 Å². The van der Waals surface area contributed by atoms with E-state index in [1.165, 1.54) is 44.1 Å². The lowest BCUT2D eigenvalue weighted by Gasteiger charge is -2.17. The third-order valence-electron chi connectivity index (χ3n) is 5.37. The van der Waals surface area contributed by atoms with Crippen LogP contribution >= 0.6 is 0 Å². The molecule has 3 heteroatoms. The zero-order chi connectivity index (χ0) is 16.7. The highest BCUT2D eigenvalue weighted by Gasteiger charge is 2.43. The zero-order valence-corrected chi connectivity index (χ0v) is 14.5. The molecule has 1 N–H and O–H groups in total. The van der Waals surface area contributed by atoms with Gasteiger partial charge < -0.3 is 10.1 Å². The molecule has 1 aromatic carbocycles. The van der Waals surface area contributed by atoms with Crippen LogP contribution in [-0.2, 0) is 10.2 Å². The molecule has 2 nitrogen and oxygen atoms in total. The summed E-state index contributed by atoms with van der Waals surface area (Å²) in [6, 6.07) is 6.11. The fourth-order valence-corrected chi connectivity index (χ4v) is 3.54. The molecular formula is C20H30FNO. The number of carbonyl (C=O) groups is 1. The molecule has 0 amide bonds. The average Bonchev–Trinajstić information content (AvgIpc) is 3.33. The molecule has 0 saturated heterocycles. The van der Waals surface area contributed by atoms with Crippen LogP contribution in [0, 0.1) is 12.7 Å². The van der Waals surface area contributed by atoms with Crippen molar-refractivity contribution in [1.82, 2.24) is 5.32 Å². The summed E-state index contributed by atoms with van der Waals surface area (Å²) in [7, 11) is 1.98. The van der Waals surface area contributed by atoms with Gasteiger partial charge in [-0.2, -0.15) is 0 Å². The molecule has 1 atom stereocenters. The van der Waals surface area contributed by atoms with Crippen molar-refractivity contribution in [3.8, 4) is 0 Å². The summed E-state index contributed by atoms with van der Waals surface area (Å²) >= 11 is 0. The Morgan fingerprint density at radius 1 is 1.26 bits per heavy atom. The largest absolute Gasteiger partial charge is 0.317 e. The zero-order valence-electron chi connectivity index (χ0n) is 14.5. The molecule has 128 valence electrons. The van der Waals surface area contributed by atoms with Crippen molar-refractivity contribution >= 4 is 6.29 Å². The third kappa shape index (κ3) is 5.13. The number of halogens is 1. The van der Waals surface area contributed by atoms with Crippen molar-refractivity contribution in [1.29, 1.82) is 0 Å². The van der Waals surface area contributed by atoms with Gasteiger partial charge in [0.15, 0.2) is 0 Å². The fourth-order valence-electron chi connectivity index (χ4n) is 3.54. The minimum Gasteiger partial charge on any atom is -0.317 e. The summed E-state index contributed by atoms with van der Waals surface area (Å²) in [5.41, 5.74) is 2.43. The lowest BCUT2D eigenvalue weighted by molar-refractivity contribution is -0.108. The Balaban J connectivity index is 1.71. The van der Waals surface area contributed by atoms with Crippen LogP contribution in [0.2, 0.25) is 0 Å². The van der Waals surface area contributed by atoms with Gasteiger partial charge in [-0.05, 0) is 68.7 Å². The van der Waals surface area contributed by atoms with Crippen LogP contribution in [-0.4, -0.2) is 19.4 Å². The molecule has 1 aliphatic rings. The van der Waals surface area contributed by atoms with Gasteiger partial charge in [0, 0.05) is 12.5 Å². The van der Waals surface area contributed by atoms with Crippen LogP contribution in [0.5, 0.6) is 0 Å². The van der Waals surface area contributed by atoms with Crippen LogP contribution in [0.4, 0.5) is 4.39 Å². The molecule has 1 saturated carbocycles. The number of unbranched alkanes of at least 4 members (excludes halogenated alkanes) is 2. The predicted molar refractivity (Wildman–Crippen MR) is 93.3 cm³/mol. The summed E-state index contributed by atoms with van der Waals surface area (Å²) in [6.07, 6.45) is 11.1. The second-order valence-corrected chi connectivity index (χ2v) is 7.07. The molecule has 23 heavy (non-hydrogen) atoms. The second-order valence-electron chi connectivity index (χ2n) is 7.07. The molecule has 1 aliphatic carbocycles. The molecule has 1 fully saturated rings. The number of carbonyl (C=O) groups excluding carboxylic acids is 1. The monoisotopic (exact) mass is 319 g/mol. The fraction of sp³-hybridized carbons (Fsp3) is 0.650. The minimum absolute atomic E-state index is 0.0991. The normalized spacial score (nSPS) is 17.0. The van der Waals surface area contributed by atoms with E-state index in [9.17, 15) is 9.18 Å². The Kier molecular flexibility index (Phi) is 6.76. The maximum Gasteiger partial charge on any atom is 0.126 e. The van der Waals surface area contributed by atoms with Crippen LogP contribution < -0.4 is 5.32 Å². The highest BCUT2D eigenvalue weighted by Crippen LogP contribution is 2.52. The summed E-state index contributed by atoms with van der Waals surface area (Å²) in [5.74, 6) is -0.0991. The van der Waals surface area contributed by atoms with Gasteiger partial charge in [0.1, 0.15) is 12.1 Å². The highest BCUT2D eigenvalue weighted by atomic mass is 19.1. The van der Waals surface area contributed by atoms with Crippen molar-refractivity contribution < 1.29 is 9.18 Å². The first-order valence-electron chi connectivity index (χ1n) is 8.99. The molecule has 0 aromatic heterocycles. The highest BCUT2D eigenvalue weighted by molar-refractivity contribution is 5.49. The number of aldehydes is 1.